The lowest BCUT2D eigenvalue weighted by Gasteiger charge is -1.97. The zero-order chi connectivity index (χ0) is 10.3. The predicted molar refractivity (Wildman–Crippen MR) is 61.0 cm³/mol. The van der Waals surface area contributed by atoms with Crippen molar-refractivity contribution >= 4 is 11.6 Å². The van der Waals surface area contributed by atoms with Crippen LogP contribution in [0.5, 0.6) is 0 Å². The number of nitrogens with zero attached hydrogens (tertiary/aromatic N) is 1. The average Bonchev–Trinajstić information content (AvgIpc) is 2.97. The van der Waals surface area contributed by atoms with E-state index in [1.807, 2.05) is 30.5 Å². The first-order valence-corrected chi connectivity index (χ1v) is 5.51. The molecule has 1 aromatic carbocycles. The molecule has 0 aliphatic heterocycles. The lowest BCUT2D eigenvalue weighted by atomic mass is 10.2. The van der Waals surface area contributed by atoms with Crippen LogP contribution in [-0.2, 0) is 0 Å². The molecule has 1 aromatic heterocycles. The van der Waals surface area contributed by atoms with Crippen LogP contribution in [0.1, 0.15) is 24.6 Å². The molecule has 1 heterocycles. The van der Waals surface area contributed by atoms with E-state index < -0.39 is 0 Å². The number of H-pyrrole nitrogens is 1. The van der Waals surface area contributed by atoms with Crippen molar-refractivity contribution in [1.29, 1.82) is 0 Å². The summed E-state index contributed by atoms with van der Waals surface area (Å²) in [5, 5.41) is 0.759. The van der Waals surface area contributed by atoms with Gasteiger partial charge in [-0.1, -0.05) is 23.7 Å². The van der Waals surface area contributed by atoms with E-state index in [0.717, 1.165) is 22.1 Å². The Kier molecular flexibility index (Phi) is 2.03. The first-order chi connectivity index (χ1) is 7.33. The largest absolute Gasteiger partial charge is 0.342 e. The van der Waals surface area contributed by atoms with E-state index in [0.29, 0.717) is 5.92 Å². The number of nitrogens with one attached hydrogen (secondary N) is 1. The minimum Gasteiger partial charge on any atom is -0.342 e. The summed E-state index contributed by atoms with van der Waals surface area (Å²) in [5.41, 5.74) is 2.15. The molecule has 0 atom stereocenters. The summed E-state index contributed by atoms with van der Waals surface area (Å²) in [5.74, 6) is 1.78. The van der Waals surface area contributed by atoms with Crippen LogP contribution in [0.3, 0.4) is 0 Å². The fourth-order valence-corrected chi connectivity index (χ4v) is 1.89. The van der Waals surface area contributed by atoms with Gasteiger partial charge in [-0.15, -0.1) is 0 Å². The molecule has 2 nitrogen and oxygen atoms in total. The highest BCUT2D eigenvalue weighted by molar-refractivity contribution is 6.30. The second-order valence-electron chi connectivity index (χ2n) is 3.97. The van der Waals surface area contributed by atoms with Crippen LogP contribution in [0.4, 0.5) is 0 Å². The number of rotatable bonds is 2. The predicted octanol–water partition coefficient (Wildman–Crippen LogP) is 3.61. The third-order valence-electron chi connectivity index (χ3n) is 2.70. The highest BCUT2D eigenvalue weighted by atomic mass is 35.5. The van der Waals surface area contributed by atoms with Crippen molar-refractivity contribution in [2.45, 2.75) is 18.8 Å². The number of aromatic amines is 1. The molecule has 1 fully saturated rings. The third-order valence-corrected chi connectivity index (χ3v) is 2.93. The summed E-state index contributed by atoms with van der Waals surface area (Å²) in [6.45, 7) is 0. The van der Waals surface area contributed by atoms with E-state index in [2.05, 4.69) is 9.97 Å². The first kappa shape index (κ1) is 8.98. The maximum absolute atomic E-state index is 5.94. The second kappa shape index (κ2) is 3.38. The average molecular weight is 219 g/mol. The second-order valence-corrected chi connectivity index (χ2v) is 4.40. The Bertz CT molecular complexity index is 486. The van der Waals surface area contributed by atoms with Crippen LogP contribution in [0.2, 0.25) is 5.02 Å². The van der Waals surface area contributed by atoms with Crippen molar-refractivity contribution in [1.82, 2.24) is 9.97 Å². The Labute approximate surface area is 93.3 Å². The molecule has 1 aliphatic rings. The molecule has 3 heteroatoms. The van der Waals surface area contributed by atoms with Crippen molar-refractivity contribution in [2.75, 3.05) is 0 Å². The number of aromatic nitrogens is 2. The third kappa shape index (κ3) is 1.77. The van der Waals surface area contributed by atoms with E-state index in [1.54, 1.807) is 0 Å². The quantitative estimate of drug-likeness (QED) is 0.820. The zero-order valence-corrected chi connectivity index (χ0v) is 8.96. The SMILES string of the molecule is Clc1cccc(-c2cnc(C3CC3)[nH]2)c1. The van der Waals surface area contributed by atoms with E-state index in [4.69, 9.17) is 11.6 Å². The molecule has 1 N–H and O–H groups in total. The maximum Gasteiger partial charge on any atom is 0.109 e. The molecule has 15 heavy (non-hydrogen) atoms. The van der Waals surface area contributed by atoms with Crippen LogP contribution in [-0.4, -0.2) is 9.97 Å². The maximum atomic E-state index is 5.94. The van der Waals surface area contributed by atoms with E-state index in [-0.39, 0.29) is 0 Å². The van der Waals surface area contributed by atoms with Crippen molar-refractivity contribution in [3.63, 3.8) is 0 Å². The van der Waals surface area contributed by atoms with Crippen molar-refractivity contribution < 1.29 is 0 Å². The molecule has 1 saturated carbocycles. The molecule has 0 radical (unpaired) electrons. The van der Waals surface area contributed by atoms with Gasteiger partial charge in [-0.3, -0.25) is 0 Å². The Morgan fingerprint density at radius 2 is 2.20 bits per heavy atom. The first-order valence-electron chi connectivity index (χ1n) is 5.14. The fourth-order valence-electron chi connectivity index (χ4n) is 1.70. The Morgan fingerprint density at radius 1 is 1.33 bits per heavy atom. The van der Waals surface area contributed by atoms with Crippen LogP contribution in [0, 0.1) is 0 Å². The minimum absolute atomic E-state index is 0.665. The van der Waals surface area contributed by atoms with Gasteiger partial charge in [-0.05, 0) is 25.0 Å². The molecular formula is C12H11ClN2. The fraction of sp³-hybridized carbons (Fsp3) is 0.250. The summed E-state index contributed by atoms with van der Waals surface area (Å²) in [4.78, 5) is 7.73. The van der Waals surface area contributed by atoms with Gasteiger partial charge in [0.05, 0.1) is 11.9 Å². The lowest BCUT2D eigenvalue weighted by molar-refractivity contribution is 0.977. The normalized spacial score (nSPS) is 15.5. The summed E-state index contributed by atoms with van der Waals surface area (Å²) in [6, 6.07) is 7.82. The standard InChI is InChI=1S/C12H11ClN2/c13-10-3-1-2-9(6-10)11-7-14-12(15-11)8-4-5-8/h1-3,6-8H,4-5H2,(H,14,15). The summed E-state index contributed by atoms with van der Waals surface area (Å²) < 4.78 is 0. The van der Waals surface area contributed by atoms with Gasteiger partial charge in [0.25, 0.3) is 0 Å². The molecule has 0 unspecified atom stereocenters. The molecule has 1 aliphatic carbocycles. The number of hydrogen-bond acceptors (Lipinski definition) is 1. The lowest BCUT2D eigenvalue weighted by Crippen LogP contribution is -1.82. The zero-order valence-electron chi connectivity index (χ0n) is 8.20. The monoisotopic (exact) mass is 218 g/mol. The van der Waals surface area contributed by atoms with Gasteiger partial charge in [0.1, 0.15) is 5.82 Å². The summed E-state index contributed by atoms with van der Waals surface area (Å²) in [7, 11) is 0. The molecule has 0 bridgehead atoms. The van der Waals surface area contributed by atoms with Crippen molar-refractivity contribution in [3.05, 3.63) is 41.3 Å². The number of imidazole rings is 1. The Morgan fingerprint density at radius 3 is 2.93 bits per heavy atom. The molecule has 2 aromatic rings. The van der Waals surface area contributed by atoms with Gasteiger partial charge in [0.2, 0.25) is 0 Å². The van der Waals surface area contributed by atoms with E-state index in [1.165, 1.54) is 12.8 Å². The highest BCUT2D eigenvalue weighted by Gasteiger charge is 2.26. The highest BCUT2D eigenvalue weighted by Crippen LogP contribution is 2.38. The van der Waals surface area contributed by atoms with Gasteiger partial charge < -0.3 is 4.98 Å². The summed E-state index contributed by atoms with van der Waals surface area (Å²) >= 11 is 5.94. The Hall–Kier alpha value is -1.28. The molecule has 0 spiro atoms. The van der Waals surface area contributed by atoms with Crippen LogP contribution in [0.25, 0.3) is 11.3 Å². The topological polar surface area (TPSA) is 28.7 Å². The van der Waals surface area contributed by atoms with Gasteiger partial charge >= 0.3 is 0 Å². The van der Waals surface area contributed by atoms with Gasteiger partial charge in [0.15, 0.2) is 0 Å². The molecule has 76 valence electrons. The molecular weight excluding hydrogens is 208 g/mol. The summed E-state index contributed by atoms with van der Waals surface area (Å²) in [6.07, 6.45) is 4.42. The molecule has 3 rings (SSSR count). The number of halogens is 1. The molecule has 0 saturated heterocycles. The van der Waals surface area contributed by atoms with Gasteiger partial charge in [-0.25, -0.2) is 4.98 Å². The van der Waals surface area contributed by atoms with Crippen LogP contribution < -0.4 is 0 Å². The number of benzene rings is 1. The molecule has 0 amide bonds. The number of hydrogen-bond donors (Lipinski definition) is 1. The Balaban J connectivity index is 1.97. The minimum atomic E-state index is 0.665. The van der Waals surface area contributed by atoms with Crippen molar-refractivity contribution in [3.8, 4) is 11.3 Å². The van der Waals surface area contributed by atoms with Crippen LogP contribution in [0.15, 0.2) is 30.5 Å². The smallest absolute Gasteiger partial charge is 0.109 e. The van der Waals surface area contributed by atoms with Gasteiger partial charge in [0, 0.05) is 16.5 Å². The van der Waals surface area contributed by atoms with E-state index in [9.17, 15) is 0 Å². The van der Waals surface area contributed by atoms with Gasteiger partial charge in [-0.2, -0.15) is 0 Å². The van der Waals surface area contributed by atoms with Crippen LogP contribution >= 0.6 is 11.6 Å². The van der Waals surface area contributed by atoms with Crippen molar-refractivity contribution in [2.24, 2.45) is 0 Å². The van der Waals surface area contributed by atoms with E-state index >= 15 is 0 Å².